The standard InChI is InChI=1S/C22H25F3N6O3/c23-22(24,25)14-7-27-19-13(14)6-26-17(29-19)3-12-4-21(5-12)10-31(11-21)20(33)30-2-1-16-15(8-30)28-18(32)9-34-16/h6-7,12,15-16H,1-5,8-11H2,(H,28,32)(H,26,27,29)/t15-,16+/m1/s1. The Kier molecular flexibility index (Phi) is 4.81. The van der Waals surface area contributed by atoms with Crippen molar-refractivity contribution >= 4 is 23.0 Å². The molecule has 2 aromatic rings. The van der Waals surface area contributed by atoms with Crippen LogP contribution in [-0.2, 0) is 22.1 Å². The van der Waals surface area contributed by atoms with E-state index in [1.54, 1.807) is 4.90 Å². The van der Waals surface area contributed by atoms with Crippen LogP contribution in [0.1, 0.15) is 30.7 Å². The number of hydrogen-bond acceptors (Lipinski definition) is 5. The van der Waals surface area contributed by atoms with Gasteiger partial charge >= 0.3 is 12.2 Å². The largest absolute Gasteiger partial charge is 0.418 e. The number of ether oxygens (including phenoxy) is 1. The molecule has 9 nitrogen and oxygen atoms in total. The van der Waals surface area contributed by atoms with Crippen molar-refractivity contribution in [2.75, 3.05) is 32.8 Å². The fourth-order valence-electron chi connectivity index (χ4n) is 6.07. The third kappa shape index (κ3) is 3.68. The van der Waals surface area contributed by atoms with Crippen molar-refractivity contribution in [2.24, 2.45) is 11.3 Å². The number of aromatic nitrogens is 3. The van der Waals surface area contributed by atoms with Gasteiger partial charge in [-0.25, -0.2) is 14.8 Å². The van der Waals surface area contributed by atoms with Gasteiger partial charge in [0.2, 0.25) is 5.91 Å². The molecule has 4 aliphatic rings. The Morgan fingerprint density at radius 2 is 2.06 bits per heavy atom. The summed E-state index contributed by atoms with van der Waals surface area (Å²) in [7, 11) is 0. The number of amides is 3. The molecule has 2 aromatic heterocycles. The highest BCUT2D eigenvalue weighted by atomic mass is 19.4. The first-order valence-electron chi connectivity index (χ1n) is 11.5. The van der Waals surface area contributed by atoms with Gasteiger partial charge < -0.3 is 24.8 Å². The summed E-state index contributed by atoms with van der Waals surface area (Å²) in [6.45, 7) is 2.60. The first-order valence-corrected chi connectivity index (χ1v) is 11.5. The van der Waals surface area contributed by atoms with E-state index in [9.17, 15) is 22.8 Å². The fourth-order valence-corrected chi connectivity index (χ4v) is 6.07. The number of morpholine rings is 1. The lowest BCUT2D eigenvalue weighted by molar-refractivity contribution is -0.140. The number of piperidine rings is 1. The first kappa shape index (κ1) is 21.6. The number of hydrogen-bond donors (Lipinski definition) is 2. The predicted molar refractivity (Wildman–Crippen MR) is 113 cm³/mol. The number of nitrogens with zero attached hydrogens (tertiary/aromatic N) is 4. The maximum absolute atomic E-state index is 13.0. The molecule has 3 aliphatic heterocycles. The summed E-state index contributed by atoms with van der Waals surface area (Å²) in [4.78, 5) is 39.2. The van der Waals surface area contributed by atoms with Crippen LogP contribution in [0.2, 0.25) is 0 Å². The highest BCUT2D eigenvalue weighted by Gasteiger charge is 2.54. The van der Waals surface area contributed by atoms with Gasteiger partial charge in [0, 0.05) is 55.8 Å². The third-order valence-corrected chi connectivity index (χ3v) is 7.62. The van der Waals surface area contributed by atoms with Gasteiger partial charge in [-0.15, -0.1) is 0 Å². The second-order valence-electron chi connectivity index (χ2n) is 10.1. The lowest BCUT2D eigenvalue weighted by atomic mass is 9.57. The molecule has 0 bridgehead atoms. The van der Waals surface area contributed by atoms with Crippen LogP contribution in [0, 0.1) is 11.3 Å². The molecule has 0 unspecified atom stereocenters. The normalized spacial score (nSPS) is 26.7. The minimum Gasteiger partial charge on any atom is -0.366 e. The monoisotopic (exact) mass is 478 g/mol. The Morgan fingerprint density at radius 3 is 2.82 bits per heavy atom. The molecule has 5 heterocycles. The minimum atomic E-state index is -4.44. The van der Waals surface area contributed by atoms with E-state index in [1.807, 2.05) is 4.90 Å². The molecule has 1 aliphatic carbocycles. The molecule has 2 atom stereocenters. The lowest BCUT2D eigenvalue weighted by Gasteiger charge is -2.60. The van der Waals surface area contributed by atoms with Gasteiger partial charge in [-0.1, -0.05) is 0 Å². The molecule has 4 fully saturated rings. The van der Waals surface area contributed by atoms with Crippen molar-refractivity contribution in [2.45, 2.75) is 44.0 Å². The number of aromatic amines is 1. The van der Waals surface area contributed by atoms with E-state index in [4.69, 9.17) is 4.74 Å². The molecule has 12 heteroatoms. The van der Waals surface area contributed by atoms with E-state index in [-0.39, 0.29) is 47.1 Å². The van der Waals surface area contributed by atoms with Crippen LogP contribution in [0.15, 0.2) is 12.4 Å². The van der Waals surface area contributed by atoms with E-state index in [0.29, 0.717) is 50.8 Å². The topological polar surface area (TPSA) is 103 Å². The van der Waals surface area contributed by atoms with Gasteiger partial charge in [0.1, 0.15) is 18.1 Å². The van der Waals surface area contributed by atoms with Crippen molar-refractivity contribution < 1.29 is 27.5 Å². The summed E-state index contributed by atoms with van der Waals surface area (Å²) < 4.78 is 44.6. The van der Waals surface area contributed by atoms with Crippen LogP contribution < -0.4 is 5.32 Å². The maximum Gasteiger partial charge on any atom is 0.418 e. The number of urea groups is 1. The number of carbonyl (C=O) groups excluding carboxylic acids is 2. The van der Waals surface area contributed by atoms with E-state index in [2.05, 4.69) is 20.3 Å². The molecule has 182 valence electrons. The predicted octanol–water partition coefficient (Wildman–Crippen LogP) is 1.94. The fraction of sp³-hybridized carbons (Fsp3) is 0.636. The Balaban J connectivity index is 1.00. The molecule has 1 spiro atoms. The van der Waals surface area contributed by atoms with Crippen molar-refractivity contribution in [1.29, 1.82) is 0 Å². The number of alkyl halides is 3. The lowest BCUT2D eigenvalue weighted by Crippen LogP contribution is -2.68. The highest BCUT2D eigenvalue weighted by molar-refractivity contribution is 5.80. The molecular formula is C22H25F3N6O3. The van der Waals surface area contributed by atoms with Crippen LogP contribution >= 0.6 is 0 Å². The number of fused-ring (bicyclic) bond motifs is 2. The van der Waals surface area contributed by atoms with Gasteiger partial charge in [-0.2, -0.15) is 13.2 Å². The Labute approximate surface area is 193 Å². The zero-order valence-electron chi connectivity index (χ0n) is 18.4. The minimum absolute atomic E-state index is 0.00773. The molecule has 2 N–H and O–H groups in total. The summed E-state index contributed by atoms with van der Waals surface area (Å²) >= 11 is 0. The summed E-state index contributed by atoms with van der Waals surface area (Å²) in [5.41, 5.74) is -0.422. The summed E-state index contributed by atoms with van der Waals surface area (Å²) in [6, 6.07) is -0.139. The van der Waals surface area contributed by atoms with E-state index < -0.39 is 11.7 Å². The van der Waals surface area contributed by atoms with Crippen molar-refractivity contribution in [3.05, 3.63) is 23.8 Å². The van der Waals surface area contributed by atoms with E-state index in [1.165, 1.54) is 6.20 Å². The summed E-state index contributed by atoms with van der Waals surface area (Å²) in [6.07, 6.45) is 0.942. The smallest absolute Gasteiger partial charge is 0.366 e. The molecular weight excluding hydrogens is 453 g/mol. The van der Waals surface area contributed by atoms with Gasteiger partial charge in [0.25, 0.3) is 0 Å². The zero-order valence-corrected chi connectivity index (χ0v) is 18.4. The second kappa shape index (κ2) is 7.56. The van der Waals surface area contributed by atoms with Crippen molar-refractivity contribution in [3.8, 4) is 0 Å². The van der Waals surface area contributed by atoms with Gasteiger partial charge in [0.15, 0.2) is 0 Å². The second-order valence-corrected chi connectivity index (χ2v) is 10.1. The third-order valence-electron chi connectivity index (χ3n) is 7.62. The molecule has 3 saturated heterocycles. The first-order chi connectivity index (χ1) is 16.2. The molecule has 0 radical (unpaired) electrons. The molecule has 1 saturated carbocycles. The Morgan fingerprint density at radius 1 is 1.26 bits per heavy atom. The van der Waals surface area contributed by atoms with Crippen LogP contribution in [0.5, 0.6) is 0 Å². The van der Waals surface area contributed by atoms with Gasteiger partial charge in [0.05, 0.1) is 17.7 Å². The van der Waals surface area contributed by atoms with E-state index in [0.717, 1.165) is 19.0 Å². The number of carbonyl (C=O) groups is 2. The number of rotatable bonds is 2. The zero-order chi connectivity index (χ0) is 23.7. The Bertz CT molecular complexity index is 1140. The average molecular weight is 478 g/mol. The molecule has 3 amide bonds. The van der Waals surface area contributed by atoms with Gasteiger partial charge in [-0.3, -0.25) is 4.79 Å². The van der Waals surface area contributed by atoms with Crippen molar-refractivity contribution in [3.63, 3.8) is 0 Å². The quantitative estimate of drug-likeness (QED) is 0.687. The Hall–Kier alpha value is -2.89. The SMILES string of the molecule is O=C1CO[C@H]2CCN(C(=O)N3CC4(CC(Cc5ncc6c(C(F)(F)F)c[nH]c6n5)C4)C3)C[C@H]2N1. The molecule has 0 aromatic carbocycles. The molecule has 6 rings (SSSR count). The van der Waals surface area contributed by atoms with Crippen molar-refractivity contribution in [1.82, 2.24) is 30.1 Å². The number of halogens is 3. The van der Waals surface area contributed by atoms with E-state index >= 15 is 0 Å². The number of likely N-dealkylation sites (tertiary alicyclic amines) is 2. The summed E-state index contributed by atoms with van der Waals surface area (Å²) in [5.74, 6) is 0.756. The van der Waals surface area contributed by atoms with Gasteiger partial charge in [-0.05, 0) is 25.2 Å². The van der Waals surface area contributed by atoms with Crippen LogP contribution in [0.4, 0.5) is 18.0 Å². The van der Waals surface area contributed by atoms with Crippen LogP contribution in [-0.4, -0.2) is 81.6 Å². The van der Waals surface area contributed by atoms with Crippen LogP contribution in [0.25, 0.3) is 11.0 Å². The number of H-pyrrole nitrogens is 1. The maximum atomic E-state index is 13.0. The summed E-state index contributed by atoms with van der Waals surface area (Å²) in [5, 5.41) is 2.90. The molecule has 34 heavy (non-hydrogen) atoms. The average Bonchev–Trinajstić information content (AvgIpc) is 3.17. The highest BCUT2D eigenvalue weighted by Crippen LogP contribution is 2.53. The number of nitrogens with one attached hydrogen (secondary N) is 2. The van der Waals surface area contributed by atoms with Crippen LogP contribution in [0.3, 0.4) is 0 Å².